The molecule has 3 nitrogen and oxygen atoms in total. The first-order chi connectivity index (χ1) is 22.3. The van der Waals surface area contributed by atoms with Crippen molar-refractivity contribution in [3.63, 3.8) is 0 Å². The van der Waals surface area contributed by atoms with Gasteiger partial charge in [0.1, 0.15) is 22.3 Å². The van der Waals surface area contributed by atoms with E-state index >= 15 is 0 Å². The summed E-state index contributed by atoms with van der Waals surface area (Å²) in [6.07, 6.45) is 0. The van der Waals surface area contributed by atoms with Crippen LogP contribution in [0.15, 0.2) is 160 Å². The second-order valence-electron chi connectivity index (χ2n) is 11.8. The predicted molar refractivity (Wildman–Crippen MR) is 186 cm³/mol. The Morgan fingerprint density at radius 3 is 1.71 bits per heavy atom. The highest BCUT2D eigenvalue weighted by molar-refractivity contribution is 6.17. The lowest BCUT2D eigenvalue weighted by atomic mass is 9.99. The lowest BCUT2D eigenvalue weighted by Crippen LogP contribution is -1.92. The average Bonchev–Trinajstić information content (AvgIpc) is 3.75. The molecule has 0 bridgehead atoms. The molecule has 0 amide bonds. The molecule has 0 unspecified atom stereocenters. The maximum atomic E-state index is 6.58. The molecule has 0 saturated carbocycles. The van der Waals surface area contributed by atoms with Gasteiger partial charge in [-0.1, -0.05) is 91.0 Å². The van der Waals surface area contributed by atoms with E-state index in [0.29, 0.717) is 0 Å². The van der Waals surface area contributed by atoms with E-state index in [1.54, 1.807) is 0 Å². The van der Waals surface area contributed by atoms with Crippen LogP contribution in [0.4, 0.5) is 0 Å². The first-order valence-electron chi connectivity index (χ1n) is 15.3. The highest BCUT2D eigenvalue weighted by Gasteiger charge is 2.19. The predicted octanol–water partition coefficient (Wildman–Crippen LogP) is 11.9. The summed E-state index contributed by atoms with van der Waals surface area (Å²) in [6.45, 7) is 0. The van der Waals surface area contributed by atoms with Crippen molar-refractivity contribution in [2.24, 2.45) is 0 Å². The number of furan rings is 2. The number of hydrogen-bond donors (Lipinski definition) is 0. The zero-order valence-electron chi connectivity index (χ0n) is 24.2. The highest BCUT2D eigenvalue weighted by atomic mass is 16.3. The summed E-state index contributed by atoms with van der Waals surface area (Å²) in [5.41, 5.74) is 11.6. The molecule has 3 aromatic heterocycles. The quantitative estimate of drug-likeness (QED) is 0.210. The molecule has 7 aromatic carbocycles. The van der Waals surface area contributed by atoms with E-state index < -0.39 is 0 Å². The highest BCUT2D eigenvalue weighted by Crippen LogP contribution is 2.40. The number of rotatable bonds is 3. The Bertz CT molecular complexity index is 2740. The SMILES string of the molecule is c1ccc(-n2c3ccccc3c3oc4cc(-c5ccc(-c6ccc7c(c6)oc6cc8ccccc8cc67)cc5)ccc4c32)cc1. The summed E-state index contributed by atoms with van der Waals surface area (Å²) in [7, 11) is 0. The Morgan fingerprint density at radius 1 is 0.378 bits per heavy atom. The largest absolute Gasteiger partial charge is 0.456 e. The summed E-state index contributed by atoms with van der Waals surface area (Å²) in [6, 6.07) is 53.6. The van der Waals surface area contributed by atoms with Crippen molar-refractivity contribution in [2.75, 3.05) is 0 Å². The normalized spacial score (nSPS) is 12.0. The van der Waals surface area contributed by atoms with Gasteiger partial charge >= 0.3 is 0 Å². The monoisotopic (exact) mass is 575 g/mol. The number of hydrogen-bond acceptors (Lipinski definition) is 2. The van der Waals surface area contributed by atoms with Gasteiger partial charge < -0.3 is 13.4 Å². The molecule has 45 heavy (non-hydrogen) atoms. The lowest BCUT2D eigenvalue weighted by Gasteiger charge is -2.08. The number of benzene rings is 7. The van der Waals surface area contributed by atoms with Gasteiger partial charge in [-0.2, -0.15) is 0 Å². The van der Waals surface area contributed by atoms with E-state index in [2.05, 4.69) is 156 Å². The van der Waals surface area contributed by atoms with Gasteiger partial charge in [0.05, 0.1) is 5.52 Å². The summed E-state index contributed by atoms with van der Waals surface area (Å²) in [4.78, 5) is 0. The molecule has 0 fully saturated rings. The number of para-hydroxylation sites is 2. The fourth-order valence-electron chi connectivity index (χ4n) is 6.99. The van der Waals surface area contributed by atoms with Gasteiger partial charge in [-0.15, -0.1) is 0 Å². The van der Waals surface area contributed by atoms with Crippen molar-refractivity contribution >= 4 is 65.7 Å². The minimum absolute atomic E-state index is 0.889. The minimum Gasteiger partial charge on any atom is -0.456 e. The van der Waals surface area contributed by atoms with Crippen LogP contribution in [0.25, 0.3) is 93.6 Å². The Balaban J connectivity index is 1.04. The first kappa shape index (κ1) is 24.4. The molecule has 0 atom stereocenters. The zero-order valence-corrected chi connectivity index (χ0v) is 24.2. The Hall–Kier alpha value is -6.06. The standard InChI is InChI=1S/C42H25NO2/c1-2-10-32(11-3-1)43-37-13-7-6-12-34(37)42-41(43)35-21-19-31(25-39(35)45-42)27-16-14-26(15-17-27)30-18-20-33-36-22-28-8-4-5-9-29(28)23-40(36)44-38(33)24-30/h1-25H. The van der Waals surface area contributed by atoms with Crippen LogP contribution in [-0.2, 0) is 0 Å². The smallest absolute Gasteiger partial charge is 0.161 e. The topological polar surface area (TPSA) is 31.2 Å². The molecular weight excluding hydrogens is 550 g/mol. The van der Waals surface area contributed by atoms with Crippen LogP contribution in [0.3, 0.4) is 0 Å². The molecule has 3 heteroatoms. The fourth-order valence-corrected chi connectivity index (χ4v) is 6.99. The van der Waals surface area contributed by atoms with Crippen LogP contribution in [0.5, 0.6) is 0 Å². The van der Waals surface area contributed by atoms with Gasteiger partial charge in [-0.05, 0) is 93.7 Å². The molecule has 0 aliphatic heterocycles. The van der Waals surface area contributed by atoms with E-state index in [-0.39, 0.29) is 0 Å². The molecule has 0 spiro atoms. The third-order valence-corrected chi connectivity index (χ3v) is 9.18. The number of nitrogens with zero attached hydrogens (tertiary/aromatic N) is 1. The van der Waals surface area contributed by atoms with Crippen molar-refractivity contribution in [1.29, 1.82) is 0 Å². The van der Waals surface area contributed by atoms with Crippen LogP contribution in [0.2, 0.25) is 0 Å². The van der Waals surface area contributed by atoms with Crippen molar-refractivity contribution in [1.82, 2.24) is 4.57 Å². The molecule has 10 rings (SSSR count). The van der Waals surface area contributed by atoms with Gasteiger partial charge in [0, 0.05) is 27.2 Å². The van der Waals surface area contributed by atoms with E-state index in [9.17, 15) is 0 Å². The molecule has 0 aliphatic carbocycles. The summed E-state index contributed by atoms with van der Waals surface area (Å²) in [5.74, 6) is 0. The minimum atomic E-state index is 0.889. The maximum absolute atomic E-state index is 6.58. The molecule has 0 N–H and O–H groups in total. The van der Waals surface area contributed by atoms with Crippen molar-refractivity contribution in [3.8, 4) is 27.9 Å². The maximum Gasteiger partial charge on any atom is 0.161 e. The van der Waals surface area contributed by atoms with Crippen LogP contribution >= 0.6 is 0 Å². The number of fused-ring (bicyclic) bond motifs is 9. The summed E-state index contributed by atoms with van der Waals surface area (Å²) >= 11 is 0. The van der Waals surface area contributed by atoms with Crippen LogP contribution in [-0.4, -0.2) is 4.57 Å². The summed E-state index contributed by atoms with van der Waals surface area (Å²) in [5, 5.41) is 6.94. The second kappa shape index (κ2) is 9.22. The molecule has 3 heterocycles. The van der Waals surface area contributed by atoms with Gasteiger partial charge in [-0.3, -0.25) is 0 Å². The lowest BCUT2D eigenvalue weighted by molar-refractivity contribution is 0.669. The molecule has 0 radical (unpaired) electrons. The van der Waals surface area contributed by atoms with Gasteiger partial charge in [0.2, 0.25) is 0 Å². The average molecular weight is 576 g/mol. The fraction of sp³-hybridized carbons (Fsp3) is 0. The number of aromatic nitrogens is 1. The Labute approximate surface area is 258 Å². The second-order valence-corrected chi connectivity index (χ2v) is 11.8. The summed E-state index contributed by atoms with van der Waals surface area (Å²) < 4.78 is 15.2. The van der Waals surface area contributed by atoms with Crippen LogP contribution < -0.4 is 0 Å². The Morgan fingerprint density at radius 2 is 0.956 bits per heavy atom. The van der Waals surface area contributed by atoms with Crippen molar-refractivity contribution < 1.29 is 8.83 Å². The van der Waals surface area contributed by atoms with E-state index in [0.717, 1.165) is 82.9 Å². The van der Waals surface area contributed by atoms with E-state index in [1.807, 2.05) is 0 Å². The van der Waals surface area contributed by atoms with Crippen LogP contribution in [0.1, 0.15) is 0 Å². The molecule has 0 saturated heterocycles. The van der Waals surface area contributed by atoms with Crippen molar-refractivity contribution in [3.05, 3.63) is 152 Å². The third kappa shape index (κ3) is 3.65. The zero-order chi connectivity index (χ0) is 29.5. The van der Waals surface area contributed by atoms with Gasteiger partial charge in [0.25, 0.3) is 0 Å². The first-order valence-corrected chi connectivity index (χ1v) is 15.3. The molecular formula is C42H25NO2. The van der Waals surface area contributed by atoms with Gasteiger partial charge in [0.15, 0.2) is 5.58 Å². The molecule has 10 aromatic rings. The van der Waals surface area contributed by atoms with Crippen LogP contribution in [0, 0.1) is 0 Å². The van der Waals surface area contributed by atoms with Crippen molar-refractivity contribution in [2.45, 2.75) is 0 Å². The molecule has 0 aliphatic rings. The third-order valence-electron chi connectivity index (χ3n) is 9.18. The Kier molecular flexibility index (Phi) is 5.00. The van der Waals surface area contributed by atoms with E-state index in [1.165, 1.54) is 10.8 Å². The van der Waals surface area contributed by atoms with E-state index in [4.69, 9.17) is 8.83 Å². The van der Waals surface area contributed by atoms with Gasteiger partial charge in [-0.25, -0.2) is 0 Å². The molecule has 210 valence electrons.